The topological polar surface area (TPSA) is 88.1 Å². The molecule has 0 aliphatic carbocycles. The van der Waals surface area contributed by atoms with Crippen LogP contribution in [0.25, 0.3) is 0 Å². The van der Waals surface area contributed by atoms with Crippen molar-refractivity contribution >= 4 is 17.9 Å². The number of unbranched alkanes of at least 4 members (excludes halogenated alkanes) is 6. The largest absolute Gasteiger partial charge is 0.494 e. The fraction of sp³-hybridized carbons (Fsp3) is 0.531. The third-order valence-corrected chi connectivity index (χ3v) is 6.71. The van der Waals surface area contributed by atoms with Crippen molar-refractivity contribution in [3.8, 4) is 11.5 Å². The number of halogens is 7. The number of hydrogen-bond acceptors (Lipinski definition) is 7. The highest BCUT2D eigenvalue weighted by Crippen LogP contribution is 2.47. The lowest BCUT2D eigenvalue weighted by atomic mass is 10.1. The van der Waals surface area contributed by atoms with Gasteiger partial charge in [-0.05, 0) is 94.0 Å². The highest BCUT2D eigenvalue weighted by atomic mass is 19.4. The van der Waals surface area contributed by atoms with Crippen LogP contribution < -0.4 is 9.47 Å². The Morgan fingerprint density at radius 3 is 1.76 bits per heavy atom. The van der Waals surface area contributed by atoms with Crippen molar-refractivity contribution in [3.05, 3.63) is 59.7 Å². The highest BCUT2D eigenvalue weighted by Gasteiger charge is 2.77. The zero-order chi connectivity index (χ0) is 34.4. The molecule has 46 heavy (non-hydrogen) atoms. The number of carbonyl (C=O) groups is 3. The summed E-state index contributed by atoms with van der Waals surface area (Å²) in [6.45, 7) is 3.44. The van der Waals surface area contributed by atoms with E-state index in [9.17, 15) is 45.1 Å². The van der Waals surface area contributed by atoms with E-state index in [-0.39, 0.29) is 30.4 Å². The van der Waals surface area contributed by atoms with Crippen molar-refractivity contribution in [2.75, 3.05) is 13.2 Å². The van der Waals surface area contributed by atoms with Crippen LogP contribution in [-0.4, -0.2) is 55.2 Å². The highest BCUT2D eigenvalue weighted by molar-refractivity contribution is 5.92. The van der Waals surface area contributed by atoms with E-state index in [2.05, 4.69) is 11.7 Å². The maximum atomic E-state index is 13.2. The second-order valence-corrected chi connectivity index (χ2v) is 10.5. The molecule has 0 radical (unpaired) electrons. The van der Waals surface area contributed by atoms with Gasteiger partial charge in [0.2, 0.25) is 0 Å². The van der Waals surface area contributed by atoms with Gasteiger partial charge in [0.15, 0.2) is 0 Å². The van der Waals surface area contributed by atoms with Gasteiger partial charge in [-0.3, -0.25) is 0 Å². The molecular weight excluding hydrogens is 629 g/mol. The summed E-state index contributed by atoms with van der Waals surface area (Å²) in [6, 6.07) is 12.0. The minimum Gasteiger partial charge on any atom is -0.494 e. The number of benzene rings is 2. The summed E-state index contributed by atoms with van der Waals surface area (Å²) in [6.07, 6.45) is -0.519. The number of esters is 3. The van der Waals surface area contributed by atoms with E-state index in [0.29, 0.717) is 30.6 Å². The molecule has 14 heteroatoms. The Morgan fingerprint density at radius 1 is 0.674 bits per heavy atom. The first kappa shape index (κ1) is 38.3. The fourth-order valence-corrected chi connectivity index (χ4v) is 3.99. The Kier molecular flexibility index (Phi) is 14.8. The van der Waals surface area contributed by atoms with Crippen molar-refractivity contribution in [1.29, 1.82) is 0 Å². The third kappa shape index (κ3) is 11.5. The quantitative estimate of drug-likeness (QED) is 0.0641. The molecule has 0 saturated heterocycles. The molecule has 1 atom stereocenters. The van der Waals surface area contributed by atoms with Gasteiger partial charge in [-0.1, -0.05) is 26.2 Å². The van der Waals surface area contributed by atoms with Crippen molar-refractivity contribution in [2.45, 2.75) is 95.8 Å². The molecule has 2 aromatic rings. The Hall–Kier alpha value is -3.84. The molecule has 0 bridgehead atoms. The van der Waals surface area contributed by atoms with Crippen molar-refractivity contribution < 1.29 is 64.1 Å². The maximum absolute atomic E-state index is 13.2. The van der Waals surface area contributed by atoms with Crippen LogP contribution in [0.1, 0.15) is 92.4 Å². The molecule has 0 aliphatic rings. The first-order valence-electron chi connectivity index (χ1n) is 14.9. The van der Waals surface area contributed by atoms with E-state index in [1.807, 2.05) is 6.92 Å². The van der Waals surface area contributed by atoms with E-state index in [1.165, 1.54) is 48.5 Å². The Bertz CT molecular complexity index is 1250. The molecule has 2 aromatic carbocycles. The van der Waals surface area contributed by atoms with Crippen LogP contribution >= 0.6 is 0 Å². The van der Waals surface area contributed by atoms with Crippen LogP contribution in [-0.2, 0) is 14.3 Å². The number of alkyl halides is 7. The monoisotopic (exact) mass is 666 g/mol. The van der Waals surface area contributed by atoms with Crippen molar-refractivity contribution in [1.82, 2.24) is 0 Å². The van der Waals surface area contributed by atoms with Gasteiger partial charge < -0.3 is 18.9 Å². The van der Waals surface area contributed by atoms with Gasteiger partial charge in [-0.15, -0.1) is 0 Å². The Morgan fingerprint density at radius 2 is 1.20 bits per heavy atom. The number of ether oxygens (including phenoxy) is 4. The molecule has 0 unspecified atom stereocenters. The number of rotatable bonds is 19. The number of carbonyl (C=O) groups excluding carboxylic acids is 3. The van der Waals surface area contributed by atoms with Gasteiger partial charge in [-0.2, -0.15) is 30.7 Å². The van der Waals surface area contributed by atoms with Gasteiger partial charge in [0.05, 0.1) is 30.4 Å². The molecule has 0 heterocycles. The summed E-state index contributed by atoms with van der Waals surface area (Å²) in [5.74, 6) is -16.0. The summed E-state index contributed by atoms with van der Waals surface area (Å²) in [5, 5.41) is 0. The summed E-state index contributed by atoms with van der Waals surface area (Å²) >= 11 is 0. The number of hydrogen-bond donors (Lipinski definition) is 0. The van der Waals surface area contributed by atoms with Crippen LogP contribution in [0, 0.1) is 0 Å². The van der Waals surface area contributed by atoms with Crippen LogP contribution in [0.5, 0.6) is 11.5 Å². The molecular formula is C32H37F7O7. The average Bonchev–Trinajstić information content (AvgIpc) is 3.00. The molecule has 0 spiro atoms. The Labute approximate surface area is 262 Å². The minimum absolute atomic E-state index is 0.0402. The van der Waals surface area contributed by atoms with E-state index >= 15 is 0 Å². The molecule has 0 fully saturated rings. The normalized spacial score (nSPS) is 12.7. The van der Waals surface area contributed by atoms with Crippen molar-refractivity contribution in [2.24, 2.45) is 0 Å². The molecule has 0 amide bonds. The van der Waals surface area contributed by atoms with E-state index < -0.39 is 42.5 Å². The van der Waals surface area contributed by atoms with Crippen LogP contribution in [0.15, 0.2) is 48.5 Å². The average molecular weight is 667 g/mol. The van der Waals surface area contributed by atoms with Gasteiger partial charge in [0.1, 0.15) is 11.5 Å². The molecule has 0 aromatic heterocycles. The van der Waals surface area contributed by atoms with Crippen molar-refractivity contribution in [3.63, 3.8) is 0 Å². The molecule has 0 N–H and O–H groups in total. The van der Waals surface area contributed by atoms with Gasteiger partial charge in [0.25, 0.3) is 0 Å². The van der Waals surface area contributed by atoms with Gasteiger partial charge in [0, 0.05) is 0 Å². The van der Waals surface area contributed by atoms with Gasteiger partial charge in [-0.25, -0.2) is 14.4 Å². The second kappa shape index (κ2) is 17.7. The predicted octanol–water partition coefficient (Wildman–Crippen LogP) is 8.74. The lowest BCUT2D eigenvalue weighted by Crippen LogP contribution is -2.56. The summed E-state index contributed by atoms with van der Waals surface area (Å²) in [4.78, 5) is 35.9. The summed E-state index contributed by atoms with van der Waals surface area (Å²) in [7, 11) is 0. The molecule has 256 valence electrons. The predicted molar refractivity (Wildman–Crippen MR) is 152 cm³/mol. The summed E-state index contributed by atoms with van der Waals surface area (Å²) in [5.41, 5.74) is 0.572. The lowest BCUT2D eigenvalue weighted by molar-refractivity contribution is -0.348. The minimum atomic E-state index is -6.61. The zero-order valence-electron chi connectivity index (χ0n) is 25.5. The first-order valence-corrected chi connectivity index (χ1v) is 14.9. The van der Waals surface area contributed by atoms with E-state index in [0.717, 1.165) is 32.1 Å². The molecule has 0 saturated carbocycles. The van der Waals surface area contributed by atoms with E-state index in [1.54, 1.807) is 0 Å². The molecule has 7 nitrogen and oxygen atoms in total. The van der Waals surface area contributed by atoms with E-state index in [4.69, 9.17) is 14.2 Å². The first-order chi connectivity index (χ1) is 21.6. The second-order valence-electron chi connectivity index (χ2n) is 10.5. The lowest BCUT2D eigenvalue weighted by Gasteiger charge is -2.26. The maximum Gasteiger partial charge on any atom is 0.460 e. The molecule has 2 rings (SSSR count). The smallest absolute Gasteiger partial charge is 0.460 e. The van der Waals surface area contributed by atoms with Crippen LogP contribution in [0.4, 0.5) is 30.7 Å². The van der Waals surface area contributed by atoms with Crippen LogP contribution in [0.2, 0.25) is 0 Å². The third-order valence-electron chi connectivity index (χ3n) is 6.71. The SMILES string of the molecule is CCCCCC[C@H](C)OC(=O)c1ccc(OC(=O)c2ccc(OCCCCCCOC(=O)C(F)(F)C(F)(F)C(F)(F)F)cc2)cc1. The van der Waals surface area contributed by atoms with Crippen LogP contribution in [0.3, 0.4) is 0 Å². The molecule has 0 aliphatic heterocycles. The van der Waals surface area contributed by atoms with Gasteiger partial charge >= 0.3 is 35.9 Å². The summed E-state index contributed by atoms with van der Waals surface area (Å²) < 4.78 is 109. The zero-order valence-corrected chi connectivity index (χ0v) is 25.5. The standard InChI is InChI=1S/C32H37F7O7/c1-3-4-5-8-11-22(2)45-27(40)23-14-18-26(19-15-23)46-28(41)24-12-16-25(17-13-24)43-20-9-6-7-10-21-44-29(42)30(33,34)31(35,36)32(37,38)39/h12-19,22H,3-11,20-21H2,1-2H3/t22-/m0/s1. The Balaban J connectivity index is 1.67. The fourth-order valence-electron chi connectivity index (χ4n) is 3.99.